The number of hydrogen-bond acceptors (Lipinski definition) is 4. The average molecular weight is 543 g/mol. The van der Waals surface area contributed by atoms with Gasteiger partial charge in [-0.3, -0.25) is 0 Å². The maximum absolute atomic E-state index is 13.9. The van der Waals surface area contributed by atoms with Crippen molar-refractivity contribution in [3.63, 3.8) is 0 Å². The van der Waals surface area contributed by atoms with Crippen molar-refractivity contribution in [3.8, 4) is 0 Å². The van der Waals surface area contributed by atoms with E-state index in [1.54, 1.807) is 61.5 Å². The molecule has 10 heteroatoms. The lowest BCUT2D eigenvalue weighted by Gasteiger charge is -2.36. The molecule has 4 rings (SSSR count). The normalized spacial score (nSPS) is 15.6. The Morgan fingerprint density at radius 1 is 0.939 bits per heavy atom. The molecule has 1 heterocycles. The first-order valence-corrected chi connectivity index (χ1v) is 13.0. The minimum atomic E-state index is -4.17. The molecule has 1 aliphatic heterocycles. The summed E-state index contributed by atoms with van der Waals surface area (Å²) < 4.78 is 30.6. The SMILES string of the molecule is Cc1cccc(Cl)c1S(=O)(=O)N[C@@](C1=NNCC1)(c1ccc(Cl)cc1)c1ccc(Cl)cc1Cl. The molecule has 0 aromatic heterocycles. The monoisotopic (exact) mass is 541 g/mol. The van der Waals surface area contributed by atoms with Crippen LogP contribution >= 0.6 is 46.4 Å². The second-order valence-corrected chi connectivity index (χ2v) is 10.9. The minimum Gasteiger partial charge on any atom is -0.310 e. The highest BCUT2D eigenvalue weighted by molar-refractivity contribution is 7.89. The number of hydrogen-bond donors (Lipinski definition) is 2. The lowest BCUT2D eigenvalue weighted by Crippen LogP contribution is -2.52. The van der Waals surface area contributed by atoms with Gasteiger partial charge in [0.2, 0.25) is 10.0 Å². The van der Waals surface area contributed by atoms with Crippen molar-refractivity contribution >= 4 is 62.1 Å². The summed E-state index contributed by atoms with van der Waals surface area (Å²) in [4.78, 5) is -0.0124. The summed E-state index contributed by atoms with van der Waals surface area (Å²) in [5.41, 5.74) is 3.62. The highest BCUT2D eigenvalue weighted by Crippen LogP contribution is 2.41. The zero-order valence-electron chi connectivity index (χ0n) is 17.4. The maximum Gasteiger partial charge on any atom is 0.243 e. The van der Waals surface area contributed by atoms with Gasteiger partial charge in [-0.1, -0.05) is 76.7 Å². The molecule has 1 atom stereocenters. The van der Waals surface area contributed by atoms with Gasteiger partial charge in [-0.2, -0.15) is 9.82 Å². The van der Waals surface area contributed by atoms with Gasteiger partial charge in [0.05, 0.1) is 10.7 Å². The summed E-state index contributed by atoms with van der Waals surface area (Å²) in [5, 5.41) is 5.77. The van der Waals surface area contributed by atoms with Crippen LogP contribution in [0.1, 0.15) is 23.1 Å². The fourth-order valence-electron chi connectivity index (χ4n) is 4.01. The Labute approximate surface area is 212 Å². The van der Waals surface area contributed by atoms with E-state index in [2.05, 4.69) is 15.2 Å². The van der Waals surface area contributed by atoms with Gasteiger partial charge in [-0.15, -0.1) is 0 Å². The van der Waals surface area contributed by atoms with Gasteiger partial charge in [0.1, 0.15) is 10.4 Å². The molecular weight excluding hydrogens is 524 g/mol. The molecule has 2 N–H and O–H groups in total. The van der Waals surface area contributed by atoms with E-state index in [4.69, 9.17) is 46.4 Å². The van der Waals surface area contributed by atoms with Crippen LogP contribution in [0.25, 0.3) is 0 Å². The van der Waals surface area contributed by atoms with Crippen LogP contribution < -0.4 is 10.1 Å². The van der Waals surface area contributed by atoms with E-state index >= 15 is 0 Å². The van der Waals surface area contributed by atoms with E-state index < -0.39 is 15.6 Å². The summed E-state index contributed by atoms with van der Waals surface area (Å²) in [7, 11) is -4.17. The number of nitrogens with one attached hydrogen (secondary N) is 2. The molecule has 0 aliphatic carbocycles. The zero-order chi connectivity index (χ0) is 23.8. The van der Waals surface area contributed by atoms with Crippen LogP contribution in [0.4, 0.5) is 0 Å². The van der Waals surface area contributed by atoms with Gasteiger partial charge >= 0.3 is 0 Å². The highest BCUT2D eigenvalue weighted by atomic mass is 35.5. The van der Waals surface area contributed by atoms with Crippen molar-refractivity contribution in [2.24, 2.45) is 5.10 Å². The molecule has 172 valence electrons. The van der Waals surface area contributed by atoms with E-state index in [-0.39, 0.29) is 14.9 Å². The second kappa shape index (κ2) is 9.45. The van der Waals surface area contributed by atoms with Crippen LogP contribution in [0.5, 0.6) is 0 Å². The molecule has 33 heavy (non-hydrogen) atoms. The number of aryl methyl sites for hydroxylation is 1. The van der Waals surface area contributed by atoms with Crippen molar-refractivity contribution < 1.29 is 8.42 Å². The van der Waals surface area contributed by atoms with Crippen LogP contribution in [0.2, 0.25) is 20.1 Å². The number of rotatable bonds is 6. The van der Waals surface area contributed by atoms with Crippen LogP contribution in [0.15, 0.2) is 70.7 Å². The van der Waals surface area contributed by atoms with Crippen LogP contribution in [-0.2, 0) is 15.6 Å². The Morgan fingerprint density at radius 2 is 1.64 bits per heavy atom. The first-order chi connectivity index (χ1) is 15.6. The standard InChI is InChI=1S/C23H19Cl4N3O2S/c1-14-3-2-4-19(26)22(14)33(31,32)30-23(21-11-12-28-29-21,15-5-7-16(24)8-6-15)18-10-9-17(25)13-20(18)27/h2-10,13,28,30H,11-12H2,1H3/t23-/m0/s1. The molecule has 1 aliphatic rings. The first kappa shape index (κ1) is 24.3. The van der Waals surface area contributed by atoms with Crippen LogP contribution in [-0.4, -0.2) is 20.7 Å². The number of halogens is 4. The molecule has 0 fully saturated rings. The Hall–Kier alpha value is -1.80. The molecule has 0 saturated carbocycles. The average Bonchev–Trinajstić information content (AvgIpc) is 3.28. The van der Waals surface area contributed by atoms with Gasteiger partial charge in [0.25, 0.3) is 0 Å². The van der Waals surface area contributed by atoms with Gasteiger partial charge < -0.3 is 5.43 Å². The zero-order valence-corrected chi connectivity index (χ0v) is 21.2. The summed E-state index contributed by atoms with van der Waals surface area (Å²) in [5.74, 6) is 0. The van der Waals surface area contributed by atoms with Crippen molar-refractivity contribution in [2.45, 2.75) is 23.8 Å². The van der Waals surface area contributed by atoms with Crippen molar-refractivity contribution in [1.29, 1.82) is 0 Å². The first-order valence-electron chi connectivity index (χ1n) is 9.96. The molecule has 3 aromatic carbocycles. The Morgan fingerprint density at radius 3 is 2.24 bits per heavy atom. The number of hydrazone groups is 1. The third-order valence-corrected chi connectivity index (χ3v) is 8.33. The van der Waals surface area contributed by atoms with E-state index in [1.165, 1.54) is 6.07 Å². The van der Waals surface area contributed by atoms with E-state index in [1.807, 2.05) is 0 Å². The molecule has 0 radical (unpaired) electrons. The third-order valence-electron chi connectivity index (χ3n) is 5.45. The third kappa shape index (κ3) is 4.61. The van der Waals surface area contributed by atoms with Crippen molar-refractivity contribution in [1.82, 2.24) is 10.1 Å². The predicted molar refractivity (Wildman–Crippen MR) is 135 cm³/mol. The van der Waals surface area contributed by atoms with E-state index in [0.29, 0.717) is 45.4 Å². The summed E-state index contributed by atoms with van der Waals surface area (Å²) >= 11 is 25.3. The number of sulfonamides is 1. The molecule has 3 aromatic rings. The minimum absolute atomic E-state index is 0.0124. The van der Waals surface area contributed by atoms with Gasteiger partial charge in [0, 0.05) is 33.6 Å². The Bertz CT molecular complexity index is 1320. The smallest absolute Gasteiger partial charge is 0.243 e. The van der Waals surface area contributed by atoms with Crippen LogP contribution in [0, 0.1) is 6.92 Å². The predicted octanol–water partition coefficient (Wildman–Crippen LogP) is 6.18. The molecule has 5 nitrogen and oxygen atoms in total. The highest BCUT2D eigenvalue weighted by Gasteiger charge is 2.46. The molecule has 0 amide bonds. The van der Waals surface area contributed by atoms with Gasteiger partial charge in [-0.25, -0.2) is 8.42 Å². The molecular formula is C23H19Cl4N3O2S. The van der Waals surface area contributed by atoms with Gasteiger partial charge in [-0.05, 0) is 48.4 Å². The van der Waals surface area contributed by atoms with Crippen molar-refractivity contribution in [3.05, 3.63) is 97.4 Å². The maximum atomic E-state index is 13.9. The molecule has 0 spiro atoms. The second-order valence-electron chi connectivity index (χ2n) is 7.59. The van der Waals surface area contributed by atoms with Crippen LogP contribution in [0.3, 0.4) is 0 Å². The van der Waals surface area contributed by atoms with Gasteiger partial charge in [0.15, 0.2) is 0 Å². The Balaban J connectivity index is 2.04. The number of nitrogens with zero attached hydrogens (tertiary/aromatic N) is 1. The Kier molecular flexibility index (Phi) is 6.97. The lowest BCUT2D eigenvalue weighted by atomic mass is 9.78. The van der Waals surface area contributed by atoms with Crippen molar-refractivity contribution in [2.75, 3.05) is 6.54 Å². The summed E-state index contributed by atoms with van der Waals surface area (Å²) in [6.45, 7) is 2.23. The quantitative estimate of drug-likeness (QED) is 0.390. The lowest BCUT2D eigenvalue weighted by molar-refractivity contribution is 0.548. The summed E-state index contributed by atoms with van der Waals surface area (Å²) in [6, 6.07) is 16.7. The fraction of sp³-hybridized carbons (Fsp3) is 0.174. The number of benzene rings is 3. The van der Waals surface area contributed by atoms with E-state index in [9.17, 15) is 8.42 Å². The molecule has 0 saturated heterocycles. The molecule has 0 unspecified atom stereocenters. The summed E-state index contributed by atoms with van der Waals surface area (Å²) in [6.07, 6.45) is 0.478. The largest absolute Gasteiger partial charge is 0.310 e. The molecule has 0 bridgehead atoms. The van der Waals surface area contributed by atoms with E-state index in [0.717, 1.165) is 0 Å². The topological polar surface area (TPSA) is 70.6 Å². The fourth-order valence-corrected chi connectivity index (χ4v) is 6.88.